The molecule has 3 unspecified atom stereocenters. The van der Waals surface area contributed by atoms with Crippen LogP contribution in [0.5, 0.6) is 5.75 Å². The lowest BCUT2D eigenvalue weighted by Crippen LogP contribution is -2.41. The van der Waals surface area contributed by atoms with Crippen LogP contribution in [0.15, 0.2) is 18.2 Å². The molecular formula is C16H22F2O2. The normalized spacial score (nSPS) is 27.4. The molecule has 4 heteroatoms. The fraction of sp³-hybridized carbons (Fsp3) is 0.625. The van der Waals surface area contributed by atoms with Crippen LogP contribution >= 0.6 is 0 Å². The van der Waals surface area contributed by atoms with Crippen LogP contribution in [-0.2, 0) is 0 Å². The largest absolute Gasteiger partial charge is 0.485 e. The van der Waals surface area contributed by atoms with Crippen LogP contribution in [0.25, 0.3) is 0 Å². The maximum atomic E-state index is 13.6. The highest BCUT2D eigenvalue weighted by atomic mass is 19.2. The van der Waals surface area contributed by atoms with Crippen molar-refractivity contribution in [2.45, 2.75) is 52.2 Å². The SMILES string of the molecule is CC(C)(C)C1CCC(O)C(Oc2cccc(F)c2F)C1. The molecule has 0 aliphatic heterocycles. The molecule has 0 amide bonds. The van der Waals surface area contributed by atoms with E-state index in [-0.39, 0.29) is 11.2 Å². The average Bonchev–Trinajstić information content (AvgIpc) is 2.36. The summed E-state index contributed by atoms with van der Waals surface area (Å²) in [4.78, 5) is 0. The van der Waals surface area contributed by atoms with E-state index in [1.807, 2.05) is 0 Å². The molecule has 0 heterocycles. The molecule has 0 spiro atoms. The third-order valence-corrected chi connectivity index (χ3v) is 4.18. The van der Waals surface area contributed by atoms with Gasteiger partial charge in [0.05, 0.1) is 6.10 Å². The van der Waals surface area contributed by atoms with Gasteiger partial charge in [-0.25, -0.2) is 4.39 Å². The third-order valence-electron chi connectivity index (χ3n) is 4.18. The summed E-state index contributed by atoms with van der Waals surface area (Å²) in [5.74, 6) is -1.64. The number of ether oxygens (including phenoxy) is 1. The van der Waals surface area contributed by atoms with Crippen LogP contribution < -0.4 is 4.74 Å². The summed E-state index contributed by atoms with van der Waals surface area (Å²) >= 11 is 0. The monoisotopic (exact) mass is 284 g/mol. The molecule has 1 aromatic rings. The van der Waals surface area contributed by atoms with Crippen molar-refractivity contribution in [1.29, 1.82) is 0 Å². The van der Waals surface area contributed by atoms with Crippen LogP contribution in [0.2, 0.25) is 0 Å². The van der Waals surface area contributed by atoms with Crippen molar-refractivity contribution in [3.05, 3.63) is 29.8 Å². The number of benzene rings is 1. The van der Waals surface area contributed by atoms with Gasteiger partial charge in [-0.2, -0.15) is 4.39 Å². The average molecular weight is 284 g/mol. The highest BCUT2D eigenvalue weighted by molar-refractivity contribution is 5.25. The molecule has 1 fully saturated rings. The van der Waals surface area contributed by atoms with Crippen molar-refractivity contribution in [3.8, 4) is 5.75 Å². The molecule has 1 saturated carbocycles. The minimum atomic E-state index is -0.988. The first kappa shape index (κ1) is 15.2. The lowest BCUT2D eigenvalue weighted by molar-refractivity contribution is -0.0314. The second kappa shape index (κ2) is 5.68. The predicted octanol–water partition coefficient (Wildman–Crippen LogP) is 3.92. The highest BCUT2D eigenvalue weighted by Crippen LogP contribution is 2.39. The van der Waals surface area contributed by atoms with Crippen molar-refractivity contribution in [2.24, 2.45) is 11.3 Å². The second-order valence-electron chi connectivity index (χ2n) is 6.65. The van der Waals surface area contributed by atoms with E-state index in [0.717, 1.165) is 12.5 Å². The summed E-state index contributed by atoms with van der Waals surface area (Å²) in [7, 11) is 0. The van der Waals surface area contributed by atoms with Gasteiger partial charge < -0.3 is 9.84 Å². The minimum Gasteiger partial charge on any atom is -0.485 e. The van der Waals surface area contributed by atoms with Crippen LogP contribution in [0.1, 0.15) is 40.0 Å². The van der Waals surface area contributed by atoms with Gasteiger partial charge in [0.1, 0.15) is 6.10 Å². The first-order chi connectivity index (χ1) is 9.29. The minimum absolute atomic E-state index is 0.113. The van der Waals surface area contributed by atoms with Crippen LogP contribution in [0.3, 0.4) is 0 Å². The number of aliphatic hydroxyl groups is 1. The lowest BCUT2D eigenvalue weighted by Gasteiger charge is -2.39. The Balaban J connectivity index is 2.12. The van der Waals surface area contributed by atoms with Crippen molar-refractivity contribution in [3.63, 3.8) is 0 Å². The van der Waals surface area contributed by atoms with E-state index in [1.54, 1.807) is 0 Å². The molecule has 2 nitrogen and oxygen atoms in total. The molecule has 0 radical (unpaired) electrons. The summed E-state index contributed by atoms with van der Waals surface area (Å²) in [5.41, 5.74) is 0.113. The quantitative estimate of drug-likeness (QED) is 0.892. The van der Waals surface area contributed by atoms with Crippen LogP contribution in [0.4, 0.5) is 8.78 Å². The topological polar surface area (TPSA) is 29.5 Å². The Kier molecular flexibility index (Phi) is 4.33. The Morgan fingerprint density at radius 2 is 1.90 bits per heavy atom. The number of aliphatic hydroxyl groups excluding tert-OH is 1. The maximum absolute atomic E-state index is 13.6. The molecule has 0 saturated heterocycles. The molecule has 1 aliphatic rings. The molecular weight excluding hydrogens is 262 g/mol. The third kappa shape index (κ3) is 3.29. The first-order valence-electron chi connectivity index (χ1n) is 7.08. The van der Waals surface area contributed by atoms with Crippen LogP contribution in [-0.4, -0.2) is 17.3 Å². The van der Waals surface area contributed by atoms with Crippen molar-refractivity contribution in [2.75, 3.05) is 0 Å². The molecule has 3 atom stereocenters. The van der Waals surface area contributed by atoms with Crippen LogP contribution in [0, 0.1) is 23.0 Å². The summed E-state index contributed by atoms with van der Waals surface area (Å²) < 4.78 is 32.4. The van der Waals surface area contributed by atoms with Gasteiger partial charge in [-0.05, 0) is 42.7 Å². The predicted molar refractivity (Wildman–Crippen MR) is 73.6 cm³/mol. The molecule has 1 aliphatic carbocycles. The zero-order chi connectivity index (χ0) is 14.9. The summed E-state index contributed by atoms with van der Waals surface area (Å²) in [6.07, 6.45) is 1.10. The Bertz CT molecular complexity index is 468. The van der Waals surface area contributed by atoms with Gasteiger partial charge in [0.25, 0.3) is 0 Å². The zero-order valence-electron chi connectivity index (χ0n) is 12.2. The summed E-state index contributed by atoms with van der Waals surface area (Å²) in [5, 5.41) is 10.0. The fourth-order valence-electron chi connectivity index (χ4n) is 2.76. The van der Waals surface area contributed by atoms with Gasteiger partial charge in [0.15, 0.2) is 11.6 Å². The molecule has 20 heavy (non-hydrogen) atoms. The van der Waals surface area contributed by atoms with Gasteiger partial charge >= 0.3 is 0 Å². The Morgan fingerprint density at radius 3 is 2.55 bits per heavy atom. The van der Waals surface area contributed by atoms with E-state index in [4.69, 9.17) is 4.74 Å². The van der Waals surface area contributed by atoms with Gasteiger partial charge in [0, 0.05) is 0 Å². The van der Waals surface area contributed by atoms with E-state index in [0.29, 0.717) is 18.8 Å². The first-order valence-corrected chi connectivity index (χ1v) is 7.08. The molecule has 0 aromatic heterocycles. The van der Waals surface area contributed by atoms with Crippen molar-refractivity contribution in [1.82, 2.24) is 0 Å². The summed E-state index contributed by atoms with van der Waals surface area (Å²) in [6.45, 7) is 6.44. The number of hydrogen-bond acceptors (Lipinski definition) is 2. The zero-order valence-corrected chi connectivity index (χ0v) is 12.2. The van der Waals surface area contributed by atoms with Gasteiger partial charge in [0.2, 0.25) is 5.82 Å². The lowest BCUT2D eigenvalue weighted by atomic mass is 9.71. The molecule has 1 aromatic carbocycles. The Hall–Kier alpha value is -1.16. The summed E-state index contributed by atoms with van der Waals surface area (Å²) in [6, 6.07) is 3.85. The number of rotatable bonds is 2. The van der Waals surface area contributed by atoms with E-state index < -0.39 is 23.8 Å². The second-order valence-corrected chi connectivity index (χ2v) is 6.65. The van der Waals surface area contributed by atoms with E-state index >= 15 is 0 Å². The molecule has 1 N–H and O–H groups in total. The van der Waals surface area contributed by atoms with E-state index in [9.17, 15) is 13.9 Å². The standard InChI is InChI=1S/C16H22F2O2/c1-16(2,3)10-7-8-12(19)14(9-10)20-13-6-4-5-11(17)15(13)18/h4-6,10,12,14,19H,7-9H2,1-3H3. The Morgan fingerprint density at radius 1 is 1.20 bits per heavy atom. The maximum Gasteiger partial charge on any atom is 0.200 e. The van der Waals surface area contributed by atoms with Crippen molar-refractivity contribution >= 4 is 0 Å². The van der Waals surface area contributed by atoms with E-state index in [2.05, 4.69) is 20.8 Å². The van der Waals surface area contributed by atoms with Crippen molar-refractivity contribution < 1.29 is 18.6 Å². The molecule has 2 rings (SSSR count). The Labute approximate surface area is 118 Å². The van der Waals surface area contributed by atoms with E-state index in [1.165, 1.54) is 12.1 Å². The number of hydrogen-bond donors (Lipinski definition) is 1. The molecule has 112 valence electrons. The number of halogens is 2. The van der Waals surface area contributed by atoms with Gasteiger partial charge in [-0.15, -0.1) is 0 Å². The highest BCUT2D eigenvalue weighted by Gasteiger charge is 2.36. The fourth-order valence-corrected chi connectivity index (χ4v) is 2.76. The smallest absolute Gasteiger partial charge is 0.200 e. The molecule has 0 bridgehead atoms. The van der Waals surface area contributed by atoms with Gasteiger partial charge in [-0.3, -0.25) is 0 Å². The van der Waals surface area contributed by atoms with Gasteiger partial charge in [-0.1, -0.05) is 26.8 Å².